The van der Waals surface area contributed by atoms with Gasteiger partial charge in [0.1, 0.15) is 0 Å². The van der Waals surface area contributed by atoms with Gasteiger partial charge in [-0.05, 0) is 24.5 Å². The second-order valence-electron chi connectivity index (χ2n) is 5.77. The standard InChI is InChI=1S/C16H20N2O4S/c1-10(2)6-11(16(20)21)8-17-14(19)7-12-9-23-15(18-12)13-4-3-5-22-13/h3-5,9-11H,6-8H2,1-2H3,(H,17,19)(H,20,21). The van der Waals surface area contributed by atoms with E-state index in [2.05, 4.69) is 10.3 Å². The third-order valence-corrected chi connectivity index (χ3v) is 4.18. The summed E-state index contributed by atoms with van der Waals surface area (Å²) in [5.74, 6) is -0.732. The van der Waals surface area contributed by atoms with Gasteiger partial charge in [0.25, 0.3) is 0 Å². The van der Waals surface area contributed by atoms with Crippen molar-refractivity contribution in [3.63, 3.8) is 0 Å². The number of carbonyl (C=O) groups excluding carboxylic acids is 1. The number of furan rings is 1. The van der Waals surface area contributed by atoms with Crippen LogP contribution in [0.5, 0.6) is 0 Å². The van der Waals surface area contributed by atoms with Crippen molar-refractivity contribution in [3.8, 4) is 10.8 Å². The summed E-state index contributed by atoms with van der Waals surface area (Å²) in [6, 6.07) is 3.59. The topological polar surface area (TPSA) is 92.4 Å². The molecule has 0 spiro atoms. The number of rotatable bonds is 8. The normalized spacial score (nSPS) is 12.3. The van der Waals surface area contributed by atoms with Gasteiger partial charge >= 0.3 is 5.97 Å². The highest BCUT2D eigenvalue weighted by atomic mass is 32.1. The van der Waals surface area contributed by atoms with Crippen LogP contribution in [-0.2, 0) is 16.0 Å². The number of hydrogen-bond donors (Lipinski definition) is 2. The van der Waals surface area contributed by atoms with E-state index in [1.54, 1.807) is 17.7 Å². The first kappa shape index (κ1) is 17.2. The van der Waals surface area contributed by atoms with Crippen LogP contribution < -0.4 is 5.32 Å². The van der Waals surface area contributed by atoms with Gasteiger partial charge < -0.3 is 14.8 Å². The lowest BCUT2D eigenvalue weighted by molar-refractivity contribution is -0.142. The first-order valence-corrected chi connectivity index (χ1v) is 8.31. The van der Waals surface area contributed by atoms with E-state index in [4.69, 9.17) is 9.52 Å². The van der Waals surface area contributed by atoms with Crippen LogP contribution in [0, 0.1) is 11.8 Å². The van der Waals surface area contributed by atoms with Crippen LogP contribution in [0.3, 0.4) is 0 Å². The lowest BCUT2D eigenvalue weighted by Gasteiger charge is -2.15. The molecule has 0 bridgehead atoms. The van der Waals surface area contributed by atoms with Gasteiger partial charge in [-0.3, -0.25) is 9.59 Å². The van der Waals surface area contributed by atoms with Crippen LogP contribution in [0.25, 0.3) is 10.8 Å². The maximum atomic E-state index is 12.0. The van der Waals surface area contributed by atoms with Crippen molar-refractivity contribution in [2.24, 2.45) is 11.8 Å². The number of nitrogens with zero attached hydrogens (tertiary/aromatic N) is 1. The van der Waals surface area contributed by atoms with Crippen molar-refractivity contribution < 1.29 is 19.1 Å². The monoisotopic (exact) mass is 336 g/mol. The Labute approximate surface area is 138 Å². The Morgan fingerprint density at radius 3 is 2.83 bits per heavy atom. The number of thiazole rings is 1. The molecule has 0 fully saturated rings. The molecule has 2 aromatic rings. The van der Waals surface area contributed by atoms with E-state index < -0.39 is 11.9 Å². The fourth-order valence-electron chi connectivity index (χ4n) is 2.21. The number of carboxylic acids is 1. The Bertz CT molecular complexity index is 649. The van der Waals surface area contributed by atoms with Gasteiger partial charge in [0.15, 0.2) is 10.8 Å². The quantitative estimate of drug-likeness (QED) is 0.773. The van der Waals surface area contributed by atoms with Crippen LogP contribution >= 0.6 is 11.3 Å². The molecule has 1 amide bonds. The molecule has 0 saturated heterocycles. The highest BCUT2D eigenvalue weighted by molar-refractivity contribution is 7.13. The first-order chi connectivity index (χ1) is 11.0. The highest BCUT2D eigenvalue weighted by Gasteiger charge is 2.20. The zero-order chi connectivity index (χ0) is 16.8. The summed E-state index contributed by atoms with van der Waals surface area (Å²) in [4.78, 5) is 27.5. The van der Waals surface area contributed by atoms with E-state index in [1.807, 2.05) is 19.9 Å². The van der Waals surface area contributed by atoms with Crippen molar-refractivity contribution in [2.75, 3.05) is 6.54 Å². The maximum Gasteiger partial charge on any atom is 0.308 e. The van der Waals surface area contributed by atoms with E-state index in [0.29, 0.717) is 17.9 Å². The Morgan fingerprint density at radius 1 is 1.43 bits per heavy atom. The lowest BCUT2D eigenvalue weighted by atomic mass is 9.97. The number of carboxylic acid groups (broad SMARTS) is 1. The molecule has 0 radical (unpaired) electrons. The van der Waals surface area contributed by atoms with Crippen molar-refractivity contribution in [1.82, 2.24) is 10.3 Å². The second kappa shape index (κ2) is 7.92. The average molecular weight is 336 g/mol. The van der Waals surface area contributed by atoms with E-state index in [9.17, 15) is 9.59 Å². The SMILES string of the molecule is CC(C)CC(CNC(=O)Cc1csc(-c2ccco2)n1)C(=O)O. The summed E-state index contributed by atoms with van der Waals surface area (Å²) in [6.45, 7) is 4.06. The number of nitrogens with one attached hydrogen (secondary N) is 1. The summed E-state index contributed by atoms with van der Waals surface area (Å²) >= 11 is 1.41. The fourth-order valence-corrected chi connectivity index (χ4v) is 2.99. The molecule has 2 heterocycles. The van der Waals surface area contributed by atoms with Crippen molar-refractivity contribution in [3.05, 3.63) is 29.5 Å². The summed E-state index contributed by atoms with van der Waals surface area (Å²) in [5.41, 5.74) is 0.648. The molecule has 23 heavy (non-hydrogen) atoms. The van der Waals surface area contributed by atoms with E-state index >= 15 is 0 Å². The van der Waals surface area contributed by atoms with Gasteiger partial charge in [-0.1, -0.05) is 13.8 Å². The van der Waals surface area contributed by atoms with Crippen molar-refractivity contribution >= 4 is 23.2 Å². The number of aliphatic carboxylic acids is 1. The minimum atomic E-state index is -0.882. The zero-order valence-electron chi connectivity index (χ0n) is 13.1. The molecular formula is C16H20N2O4S. The predicted molar refractivity (Wildman–Crippen MR) is 87.1 cm³/mol. The van der Waals surface area contributed by atoms with Gasteiger partial charge in [0.05, 0.1) is 24.3 Å². The molecule has 0 aromatic carbocycles. The smallest absolute Gasteiger partial charge is 0.308 e. The number of aromatic nitrogens is 1. The molecule has 2 aromatic heterocycles. The molecule has 0 aliphatic rings. The first-order valence-electron chi connectivity index (χ1n) is 7.43. The van der Waals surface area contributed by atoms with E-state index in [0.717, 1.165) is 5.01 Å². The van der Waals surface area contributed by atoms with Crippen molar-refractivity contribution in [1.29, 1.82) is 0 Å². The van der Waals surface area contributed by atoms with Gasteiger partial charge in [0, 0.05) is 11.9 Å². The molecule has 6 nitrogen and oxygen atoms in total. The third-order valence-electron chi connectivity index (χ3n) is 3.28. The Morgan fingerprint density at radius 2 is 2.22 bits per heavy atom. The third kappa shape index (κ3) is 5.21. The fraction of sp³-hybridized carbons (Fsp3) is 0.438. The number of amides is 1. The maximum absolute atomic E-state index is 12.0. The van der Waals surface area contributed by atoms with E-state index in [-0.39, 0.29) is 24.8 Å². The molecule has 2 rings (SSSR count). The van der Waals surface area contributed by atoms with Crippen LogP contribution in [0.4, 0.5) is 0 Å². The lowest BCUT2D eigenvalue weighted by Crippen LogP contribution is -2.34. The van der Waals surface area contributed by atoms with Gasteiger partial charge in [-0.25, -0.2) is 4.98 Å². The van der Waals surface area contributed by atoms with E-state index in [1.165, 1.54) is 11.3 Å². The number of hydrogen-bond acceptors (Lipinski definition) is 5. The van der Waals surface area contributed by atoms with Crippen LogP contribution in [0.2, 0.25) is 0 Å². The summed E-state index contributed by atoms with van der Waals surface area (Å²) in [7, 11) is 0. The van der Waals surface area contributed by atoms with Crippen LogP contribution in [0.1, 0.15) is 26.0 Å². The summed E-state index contributed by atoms with van der Waals surface area (Å²) in [6.07, 6.45) is 2.24. The highest BCUT2D eigenvalue weighted by Crippen LogP contribution is 2.24. The average Bonchev–Trinajstić information content (AvgIpc) is 3.13. The van der Waals surface area contributed by atoms with Crippen LogP contribution in [-0.4, -0.2) is 28.5 Å². The molecule has 0 saturated carbocycles. The Kier molecular flexibility index (Phi) is 5.92. The largest absolute Gasteiger partial charge is 0.481 e. The van der Waals surface area contributed by atoms with Gasteiger partial charge in [0.2, 0.25) is 5.91 Å². The number of carbonyl (C=O) groups is 2. The minimum Gasteiger partial charge on any atom is -0.481 e. The predicted octanol–water partition coefficient (Wildman–Crippen LogP) is 2.81. The Balaban J connectivity index is 1.86. The molecule has 0 aliphatic carbocycles. The molecule has 0 aliphatic heterocycles. The molecule has 124 valence electrons. The molecule has 1 atom stereocenters. The second-order valence-corrected chi connectivity index (χ2v) is 6.62. The zero-order valence-corrected chi connectivity index (χ0v) is 13.9. The molecule has 7 heteroatoms. The van der Waals surface area contributed by atoms with Crippen molar-refractivity contribution in [2.45, 2.75) is 26.7 Å². The van der Waals surface area contributed by atoms with Crippen LogP contribution in [0.15, 0.2) is 28.2 Å². The molecular weight excluding hydrogens is 316 g/mol. The summed E-state index contributed by atoms with van der Waals surface area (Å²) < 4.78 is 5.26. The van der Waals surface area contributed by atoms with Gasteiger partial charge in [-0.2, -0.15) is 0 Å². The van der Waals surface area contributed by atoms with Gasteiger partial charge in [-0.15, -0.1) is 11.3 Å². The minimum absolute atomic E-state index is 0.130. The molecule has 1 unspecified atom stereocenters. The Hall–Kier alpha value is -2.15. The summed E-state index contributed by atoms with van der Waals surface area (Å²) in [5, 5.41) is 14.4. The molecule has 2 N–H and O–H groups in total.